The van der Waals surface area contributed by atoms with Crippen LogP contribution in [0.15, 0.2) is 36.8 Å². The van der Waals surface area contributed by atoms with Gasteiger partial charge in [0.05, 0.1) is 41.1 Å². The number of halogens is 2. The molecular weight excluding hydrogens is 440 g/mol. The SMILES string of the molecule is CO[C@H](C)c1c(NC(=O)Nc2ccc(-n3nccn3)c(C(F)F)c2)cnc2sc(C)nc12. The maximum absolute atomic E-state index is 13.6. The van der Waals surface area contributed by atoms with E-state index in [1.165, 1.54) is 48.1 Å². The molecule has 12 heteroatoms. The molecule has 0 saturated carbocycles. The van der Waals surface area contributed by atoms with E-state index in [1.54, 1.807) is 7.11 Å². The van der Waals surface area contributed by atoms with E-state index in [1.807, 2.05) is 13.8 Å². The number of hydrogen-bond acceptors (Lipinski definition) is 7. The maximum atomic E-state index is 13.6. The van der Waals surface area contributed by atoms with Gasteiger partial charge in [-0.1, -0.05) is 11.3 Å². The minimum atomic E-state index is -2.78. The number of nitrogens with one attached hydrogen (secondary N) is 2. The van der Waals surface area contributed by atoms with Crippen LogP contribution in [0, 0.1) is 6.92 Å². The predicted octanol–water partition coefficient (Wildman–Crippen LogP) is 4.87. The van der Waals surface area contributed by atoms with E-state index in [-0.39, 0.29) is 23.0 Å². The molecule has 2 amide bonds. The van der Waals surface area contributed by atoms with Crippen LogP contribution in [0.3, 0.4) is 0 Å². The molecule has 0 radical (unpaired) electrons. The molecule has 0 spiro atoms. The molecule has 3 aromatic heterocycles. The molecule has 32 heavy (non-hydrogen) atoms. The summed E-state index contributed by atoms with van der Waals surface area (Å²) in [5.41, 5.74) is 1.75. The molecule has 0 unspecified atom stereocenters. The first-order chi connectivity index (χ1) is 15.4. The highest BCUT2D eigenvalue weighted by molar-refractivity contribution is 7.18. The summed E-state index contributed by atoms with van der Waals surface area (Å²) in [7, 11) is 1.56. The van der Waals surface area contributed by atoms with Gasteiger partial charge in [-0.3, -0.25) is 0 Å². The number of urea groups is 1. The number of methoxy groups -OCH3 is 1. The van der Waals surface area contributed by atoms with E-state index in [4.69, 9.17) is 4.74 Å². The third-order valence-corrected chi connectivity index (χ3v) is 5.61. The molecule has 0 saturated heterocycles. The Morgan fingerprint density at radius 3 is 2.66 bits per heavy atom. The Balaban J connectivity index is 1.60. The second-order valence-corrected chi connectivity index (χ2v) is 8.00. The van der Waals surface area contributed by atoms with Gasteiger partial charge in [-0.15, -0.1) is 0 Å². The number of nitrogens with zero attached hydrogens (tertiary/aromatic N) is 5. The van der Waals surface area contributed by atoms with Crippen LogP contribution >= 0.6 is 11.3 Å². The monoisotopic (exact) mass is 459 g/mol. The van der Waals surface area contributed by atoms with E-state index in [0.717, 1.165) is 14.6 Å². The Bertz CT molecular complexity index is 1260. The summed E-state index contributed by atoms with van der Waals surface area (Å²) in [6.07, 6.45) is 1.17. The number of aromatic nitrogens is 5. The minimum absolute atomic E-state index is 0.126. The first-order valence-electron chi connectivity index (χ1n) is 9.53. The highest BCUT2D eigenvalue weighted by atomic mass is 32.1. The van der Waals surface area contributed by atoms with Crippen LogP contribution in [-0.4, -0.2) is 38.1 Å². The van der Waals surface area contributed by atoms with Gasteiger partial charge in [-0.2, -0.15) is 15.0 Å². The molecule has 1 aromatic carbocycles. The zero-order chi connectivity index (χ0) is 22.8. The summed E-state index contributed by atoms with van der Waals surface area (Å²) in [6.45, 7) is 3.71. The van der Waals surface area contributed by atoms with Crippen LogP contribution < -0.4 is 10.6 Å². The van der Waals surface area contributed by atoms with Gasteiger partial charge in [-0.25, -0.2) is 23.5 Å². The lowest BCUT2D eigenvalue weighted by Crippen LogP contribution is -2.21. The number of aryl methyl sites for hydroxylation is 1. The lowest BCUT2D eigenvalue weighted by molar-refractivity contribution is 0.121. The fourth-order valence-electron chi connectivity index (χ4n) is 3.24. The molecular formula is C20H19F2N7O2S. The number of alkyl halides is 2. The molecule has 0 fully saturated rings. The Morgan fingerprint density at radius 2 is 1.97 bits per heavy atom. The number of thiazole rings is 1. The Labute approximate surface area is 185 Å². The van der Waals surface area contributed by atoms with E-state index in [0.29, 0.717) is 16.8 Å². The summed E-state index contributed by atoms with van der Waals surface area (Å²) in [5.74, 6) is 0. The maximum Gasteiger partial charge on any atom is 0.323 e. The molecule has 0 aliphatic rings. The van der Waals surface area contributed by atoms with Crippen LogP contribution in [0.5, 0.6) is 0 Å². The summed E-state index contributed by atoms with van der Waals surface area (Å²) in [4.78, 5) is 23.4. The summed E-state index contributed by atoms with van der Waals surface area (Å²) in [6, 6.07) is 3.48. The number of anilines is 2. The minimum Gasteiger partial charge on any atom is -0.377 e. The lowest BCUT2D eigenvalue weighted by Gasteiger charge is -2.17. The Kier molecular flexibility index (Phi) is 6.06. The lowest BCUT2D eigenvalue weighted by atomic mass is 10.1. The average molecular weight is 459 g/mol. The van der Waals surface area contributed by atoms with Crippen LogP contribution in [0.1, 0.15) is 35.6 Å². The summed E-state index contributed by atoms with van der Waals surface area (Å²) in [5, 5.41) is 13.9. The van der Waals surface area contributed by atoms with Gasteiger partial charge in [0.25, 0.3) is 6.43 Å². The molecule has 3 heterocycles. The van der Waals surface area contributed by atoms with Crippen molar-refractivity contribution >= 4 is 39.1 Å². The van der Waals surface area contributed by atoms with Gasteiger partial charge in [0.1, 0.15) is 10.3 Å². The van der Waals surface area contributed by atoms with Crippen LogP contribution in [0.2, 0.25) is 0 Å². The van der Waals surface area contributed by atoms with Crippen molar-refractivity contribution in [3.8, 4) is 5.69 Å². The number of hydrogen-bond donors (Lipinski definition) is 2. The number of rotatable bonds is 6. The normalized spacial score (nSPS) is 12.3. The van der Waals surface area contributed by atoms with Gasteiger partial charge < -0.3 is 15.4 Å². The van der Waals surface area contributed by atoms with Crippen LogP contribution in [0.25, 0.3) is 16.0 Å². The fraction of sp³-hybridized carbons (Fsp3) is 0.250. The average Bonchev–Trinajstić information content (AvgIpc) is 3.42. The molecule has 4 aromatic rings. The van der Waals surface area contributed by atoms with Gasteiger partial charge >= 0.3 is 6.03 Å². The molecule has 1 atom stereocenters. The number of amides is 2. The van der Waals surface area contributed by atoms with Crippen molar-refractivity contribution in [2.75, 3.05) is 17.7 Å². The number of pyridine rings is 1. The van der Waals surface area contributed by atoms with Gasteiger partial charge in [-0.05, 0) is 32.0 Å². The molecule has 2 N–H and O–H groups in total. The van der Waals surface area contributed by atoms with E-state index < -0.39 is 12.5 Å². The Hall–Kier alpha value is -3.51. The quantitative estimate of drug-likeness (QED) is 0.426. The van der Waals surface area contributed by atoms with Crippen molar-refractivity contribution in [3.05, 3.63) is 52.9 Å². The van der Waals surface area contributed by atoms with Crippen molar-refractivity contribution in [2.45, 2.75) is 26.4 Å². The number of carbonyl (C=O) groups is 1. The third kappa shape index (κ3) is 4.27. The van der Waals surface area contributed by atoms with Gasteiger partial charge in [0.15, 0.2) is 0 Å². The highest BCUT2D eigenvalue weighted by Crippen LogP contribution is 2.34. The second-order valence-electron chi connectivity index (χ2n) is 6.82. The molecule has 4 rings (SSSR count). The fourth-order valence-corrected chi connectivity index (χ4v) is 4.02. The molecule has 0 aliphatic carbocycles. The van der Waals surface area contributed by atoms with E-state index >= 15 is 0 Å². The number of benzene rings is 1. The summed E-state index contributed by atoms with van der Waals surface area (Å²) >= 11 is 1.44. The Morgan fingerprint density at radius 1 is 1.22 bits per heavy atom. The predicted molar refractivity (Wildman–Crippen MR) is 117 cm³/mol. The smallest absolute Gasteiger partial charge is 0.323 e. The zero-order valence-electron chi connectivity index (χ0n) is 17.3. The van der Waals surface area contributed by atoms with Gasteiger partial charge in [0.2, 0.25) is 0 Å². The first-order valence-corrected chi connectivity index (χ1v) is 10.3. The molecule has 166 valence electrons. The van der Waals surface area contributed by atoms with Crippen molar-refractivity contribution in [3.63, 3.8) is 0 Å². The zero-order valence-corrected chi connectivity index (χ0v) is 18.2. The van der Waals surface area contributed by atoms with Crippen molar-refractivity contribution < 1.29 is 18.3 Å². The number of carbonyl (C=O) groups excluding carboxylic acids is 1. The second kappa shape index (κ2) is 8.93. The van der Waals surface area contributed by atoms with E-state index in [2.05, 4.69) is 30.8 Å². The number of fused-ring (bicyclic) bond motifs is 1. The van der Waals surface area contributed by atoms with Crippen molar-refractivity contribution in [2.24, 2.45) is 0 Å². The van der Waals surface area contributed by atoms with Crippen molar-refractivity contribution in [1.29, 1.82) is 0 Å². The topological polar surface area (TPSA) is 107 Å². The summed E-state index contributed by atoms with van der Waals surface area (Å²) < 4.78 is 32.6. The third-order valence-electron chi connectivity index (χ3n) is 4.74. The largest absolute Gasteiger partial charge is 0.377 e. The van der Waals surface area contributed by atoms with Crippen LogP contribution in [-0.2, 0) is 4.74 Å². The highest BCUT2D eigenvalue weighted by Gasteiger charge is 2.21. The molecule has 0 aliphatic heterocycles. The number of ether oxygens (including phenoxy) is 1. The van der Waals surface area contributed by atoms with E-state index in [9.17, 15) is 13.6 Å². The molecule has 9 nitrogen and oxygen atoms in total. The van der Waals surface area contributed by atoms with Gasteiger partial charge in [0, 0.05) is 23.9 Å². The first kappa shape index (κ1) is 21.7. The molecule has 0 bridgehead atoms. The van der Waals surface area contributed by atoms with Crippen molar-refractivity contribution in [1.82, 2.24) is 25.0 Å². The van der Waals surface area contributed by atoms with Crippen LogP contribution in [0.4, 0.5) is 25.0 Å². The standard InChI is InChI=1S/C20H19F2N7O2S/c1-10(31-3)16-14(9-23-19-17(16)26-11(2)32-19)28-20(30)27-12-4-5-15(13(8-12)18(21)22)29-24-6-7-25-29/h4-10,18H,1-3H3,(H2,27,28,30)/t10-/m1/s1.